The fourth-order valence-electron chi connectivity index (χ4n) is 5.65. The number of benzene rings is 2. The van der Waals surface area contributed by atoms with Crippen LogP contribution < -0.4 is 0 Å². The number of phenols is 1. The largest absolute Gasteiger partial charge is 0.507 e. The van der Waals surface area contributed by atoms with Crippen LogP contribution in [0.25, 0.3) is 11.6 Å². The molecule has 1 heterocycles. The van der Waals surface area contributed by atoms with Crippen LogP contribution in [0.1, 0.15) is 30.4 Å². The normalized spacial score (nSPS) is 23.0. The van der Waals surface area contributed by atoms with E-state index in [1.807, 2.05) is 42.5 Å². The van der Waals surface area contributed by atoms with Gasteiger partial charge in [0.15, 0.2) is 0 Å². The fraction of sp³-hybridized carbons (Fsp3) is 0.379. The predicted octanol–water partition coefficient (Wildman–Crippen LogP) is 4.02. The summed E-state index contributed by atoms with van der Waals surface area (Å²) in [7, 11) is 3.02. The second kappa shape index (κ2) is 11.7. The lowest BCUT2D eigenvalue weighted by Gasteiger charge is -2.36. The van der Waals surface area contributed by atoms with Crippen molar-refractivity contribution in [2.75, 3.05) is 27.4 Å². The van der Waals surface area contributed by atoms with Crippen LogP contribution in [0.4, 0.5) is 0 Å². The molecule has 1 aliphatic carbocycles. The number of imide groups is 1. The summed E-state index contributed by atoms with van der Waals surface area (Å²) in [5, 5.41) is 32.2. The van der Waals surface area contributed by atoms with Gasteiger partial charge in [0, 0.05) is 30.1 Å². The van der Waals surface area contributed by atoms with E-state index >= 15 is 0 Å². The molecule has 1 aliphatic heterocycles. The number of nitrogens with zero attached hydrogens (tertiary/aromatic N) is 1. The van der Waals surface area contributed by atoms with E-state index in [0.29, 0.717) is 30.4 Å². The molecule has 1 fully saturated rings. The number of ether oxygens (including phenoxy) is 1. The minimum Gasteiger partial charge on any atom is -0.507 e. The molecular formula is C29H32BrNO6. The third-order valence-electron chi connectivity index (χ3n) is 7.43. The summed E-state index contributed by atoms with van der Waals surface area (Å²) >= 11 is 3.45. The Morgan fingerprint density at radius 3 is 2.59 bits per heavy atom. The minimum atomic E-state index is -0.944. The van der Waals surface area contributed by atoms with Crippen molar-refractivity contribution in [1.82, 2.24) is 4.90 Å². The van der Waals surface area contributed by atoms with Crippen molar-refractivity contribution in [1.29, 1.82) is 0 Å². The molecule has 3 N–H and O–H groups in total. The van der Waals surface area contributed by atoms with Crippen LogP contribution in [0.2, 0.25) is 0 Å². The van der Waals surface area contributed by atoms with E-state index in [0.717, 1.165) is 26.1 Å². The zero-order valence-corrected chi connectivity index (χ0v) is 22.5. The van der Waals surface area contributed by atoms with Gasteiger partial charge in [0.25, 0.3) is 0 Å². The molecule has 0 bridgehead atoms. The number of aliphatic hydroxyl groups excluding tert-OH is 2. The van der Waals surface area contributed by atoms with Gasteiger partial charge in [0.1, 0.15) is 5.75 Å². The Balaban J connectivity index is 1.66. The number of phenolic OH excluding ortho intramolecular Hbond substituents is 1. The lowest BCUT2D eigenvalue weighted by atomic mass is 9.68. The third-order valence-corrected chi connectivity index (χ3v) is 7.92. The van der Waals surface area contributed by atoms with E-state index in [1.54, 1.807) is 19.2 Å². The lowest BCUT2D eigenvalue weighted by molar-refractivity contribution is -0.138. The Labute approximate surface area is 225 Å². The van der Waals surface area contributed by atoms with Crippen molar-refractivity contribution in [2.24, 2.45) is 17.8 Å². The summed E-state index contributed by atoms with van der Waals surface area (Å²) < 4.78 is 6.22. The molecule has 4 atom stereocenters. The molecule has 2 aromatic carbocycles. The summed E-state index contributed by atoms with van der Waals surface area (Å²) in [5.41, 5.74) is 3.89. The number of carbonyl (C=O) groups excluding carboxylic acids is 2. The van der Waals surface area contributed by atoms with Crippen molar-refractivity contribution in [3.63, 3.8) is 0 Å². The number of rotatable bonds is 9. The molecule has 0 saturated carbocycles. The maximum atomic E-state index is 12.9. The van der Waals surface area contributed by atoms with Gasteiger partial charge < -0.3 is 20.1 Å². The van der Waals surface area contributed by atoms with Gasteiger partial charge in [-0.3, -0.25) is 14.5 Å². The SMILES string of the molecule is COCC1=C([C@H](O)CC/C(=C/c2cc(Br)ccc2O)c2ccccc2)[C@H](CO)[C@@H]2C(=O)N(C)C(=O)[C@@H]2C1. The van der Waals surface area contributed by atoms with Gasteiger partial charge in [-0.05, 0) is 65.8 Å². The van der Waals surface area contributed by atoms with E-state index in [-0.39, 0.29) is 30.8 Å². The summed E-state index contributed by atoms with van der Waals surface area (Å²) in [6.07, 6.45) is 2.08. The first-order valence-corrected chi connectivity index (χ1v) is 13.1. The van der Waals surface area contributed by atoms with Gasteiger partial charge in [-0.1, -0.05) is 46.3 Å². The molecular weight excluding hydrogens is 538 g/mol. The van der Waals surface area contributed by atoms with Gasteiger partial charge in [-0.25, -0.2) is 0 Å². The summed E-state index contributed by atoms with van der Waals surface area (Å²) in [6.45, 7) is -0.133. The van der Waals surface area contributed by atoms with Crippen LogP contribution in [-0.4, -0.2) is 65.5 Å². The molecule has 0 aromatic heterocycles. The average Bonchev–Trinajstić information content (AvgIpc) is 3.11. The molecule has 7 nitrogen and oxygen atoms in total. The highest BCUT2D eigenvalue weighted by atomic mass is 79.9. The van der Waals surface area contributed by atoms with Gasteiger partial charge in [-0.15, -0.1) is 0 Å². The molecule has 0 radical (unpaired) electrons. The number of allylic oxidation sites excluding steroid dienone is 1. The van der Waals surface area contributed by atoms with Crippen LogP contribution >= 0.6 is 15.9 Å². The summed E-state index contributed by atoms with van der Waals surface area (Å²) in [5.74, 6) is -2.30. The Kier molecular flexibility index (Phi) is 8.64. The molecule has 2 aromatic rings. The number of aliphatic hydroxyl groups is 2. The van der Waals surface area contributed by atoms with E-state index in [1.165, 1.54) is 7.05 Å². The highest BCUT2D eigenvalue weighted by Crippen LogP contribution is 2.46. The first kappa shape index (κ1) is 27.3. The van der Waals surface area contributed by atoms with Crippen molar-refractivity contribution < 1.29 is 29.6 Å². The zero-order chi connectivity index (χ0) is 26.7. The summed E-state index contributed by atoms with van der Waals surface area (Å²) in [4.78, 5) is 26.7. The number of amides is 2. The second-order valence-corrected chi connectivity index (χ2v) is 10.6. The number of likely N-dealkylation sites (tertiary alicyclic amines) is 1. The number of hydrogen-bond donors (Lipinski definition) is 3. The molecule has 0 unspecified atom stereocenters. The molecule has 1 saturated heterocycles. The maximum Gasteiger partial charge on any atom is 0.233 e. The van der Waals surface area contributed by atoms with Gasteiger partial charge in [0.05, 0.1) is 31.2 Å². The molecule has 2 amide bonds. The Hall–Kier alpha value is -2.78. The molecule has 8 heteroatoms. The molecule has 4 rings (SSSR count). The molecule has 2 aliphatic rings. The van der Waals surface area contributed by atoms with Crippen LogP contribution in [0, 0.1) is 17.8 Å². The van der Waals surface area contributed by atoms with Gasteiger partial charge >= 0.3 is 0 Å². The summed E-state index contributed by atoms with van der Waals surface area (Å²) in [6, 6.07) is 15.0. The van der Waals surface area contributed by atoms with Crippen molar-refractivity contribution in [3.05, 3.63) is 75.3 Å². The highest BCUT2D eigenvalue weighted by molar-refractivity contribution is 9.10. The van der Waals surface area contributed by atoms with Crippen molar-refractivity contribution in [3.8, 4) is 5.75 Å². The van der Waals surface area contributed by atoms with Crippen molar-refractivity contribution >= 4 is 39.4 Å². The highest BCUT2D eigenvalue weighted by Gasteiger charge is 2.53. The van der Waals surface area contributed by atoms with Crippen LogP contribution in [0.3, 0.4) is 0 Å². The monoisotopic (exact) mass is 569 g/mol. The van der Waals surface area contributed by atoms with E-state index in [2.05, 4.69) is 15.9 Å². The van der Waals surface area contributed by atoms with E-state index in [9.17, 15) is 24.9 Å². The predicted molar refractivity (Wildman–Crippen MR) is 144 cm³/mol. The van der Waals surface area contributed by atoms with Gasteiger partial charge in [-0.2, -0.15) is 0 Å². The standard InChI is InChI=1S/C29H32BrNO6/c1-31-28(35)22-14-20(16-37-2)26(23(15-32)27(22)29(31)36)25(34)10-8-18(17-6-4-3-5-7-17)12-19-13-21(30)9-11-24(19)33/h3-7,9,11-13,22-23,25,27,32-34H,8,10,14-16H2,1-2H3/b18-12-/t22-,23+,25-,27-/m1/s1. The molecule has 196 valence electrons. The van der Waals surface area contributed by atoms with Crippen molar-refractivity contribution in [2.45, 2.75) is 25.4 Å². The minimum absolute atomic E-state index is 0.148. The van der Waals surface area contributed by atoms with E-state index < -0.39 is 23.9 Å². The fourth-order valence-corrected chi connectivity index (χ4v) is 6.03. The smallest absolute Gasteiger partial charge is 0.233 e. The molecule has 0 spiro atoms. The first-order valence-electron chi connectivity index (χ1n) is 12.3. The molecule has 37 heavy (non-hydrogen) atoms. The average molecular weight is 570 g/mol. The second-order valence-electron chi connectivity index (χ2n) is 9.65. The maximum absolute atomic E-state index is 12.9. The van der Waals surface area contributed by atoms with Crippen LogP contribution in [0.5, 0.6) is 5.75 Å². The van der Waals surface area contributed by atoms with E-state index in [4.69, 9.17) is 4.74 Å². The number of methoxy groups -OCH3 is 1. The van der Waals surface area contributed by atoms with Gasteiger partial charge in [0.2, 0.25) is 11.8 Å². The number of halogens is 1. The zero-order valence-electron chi connectivity index (χ0n) is 20.9. The Morgan fingerprint density at radius 1 is 1.19 bits per heavy atom. The number of aromatic hydroxyl groups is 1. The topological polar surface area (TPSA) is 107 Å². The number of fused-ring (bicyclic) bond motifs is 1. The Morgan fingerprint density at radius 2 is 1.92 bits per heavy atom. The third kappa shape index (κ3) is 5.57. The number of carbonyl (C=O) groups is 2. The Bertz CT molecular complexity index is 1220. The van der Waals surface area contributed by atoms with Crippen LogP contribution in [-0.2, 0) is 14.3 Å². The van der Waals surface area contributed by atoms with Crippen LogP contribution in [0.15, 0.2) is 64.1 Å². The first-order chi connectivity index (χ1) is 17.8. The quantitative estimate of drug-likeness (QED) is 0.239. The number of hydrogen-bond acceptors (Lipinski definition) is 6. The lowest BCUT2D eigenvalue weighted by Crippen LogP contribution is -2.39.